The maximum absolute atomic E-state index is 4.63. The van der Waals surface area contributed by atoms with E-state index < -0.39 is 0 Å². The Balaban J connectivity index is 2.46. The number of hydrogen-bond acceptors (Lipinski definition) is 2. The summed E-state index contributed by atoms with van der Waals surface area (Å²) in [7, 11) is 0. The van der Waals surface area contributed by atoms with Gasteiger partial charge >= 0.3 is 0 Å². The number of benzene rings is 1. The first-order valence-electron chi connectivity index (χ1n) is 7.73. The van der Waals surface area contributed by atoms with Crippen LogP contribution in [0, 0.1) is 6.92 Å². The molecule has 0 aliphatic rings. The first-order valence-corrected chi connectivity index (χ1v) is 7.73. The summed E-state index contributed by atoms with van der Waals surface area (Å²) >= 11 is 0. The summed E-state index contributed by atoms with van der Waals surface area (Å²) in [5.74, 6) is 0.870. The molecule has 0 spiro atoms. The summed E-state index contributed by atoms with van der Waals surface area (Å²) in [4.78, 5) is 4.63. The molecule has 0 bridgehead atoms. The zero-order valence-corrected chi connectivity index (χ0v) is 14.1. The minimum absolute atomic E-state index is 0.152. The average molecular weight is 290 g/mol. The van der Waals surface area contributed by atoms with Gasteiger partial charge in [-0.05, 0) is 40.2 Å². The van der Waals surface area contributed by atoms with Crippen LogP contribution in [-0.4, -0.2) is 31.1 Å². The van der Waals surface area contributed by atoms with E-state index in [4.69, 9.17) is 0 Å². The van der Waals surface area contributed by atoms with Crippen molar-refractivity contribution in [3.63, 3.8) is 0 Å². The predicted octanol–water partition coefficient (Wildman–Crippen LogP) is 2.44. The number of aliphatic imine (C=N–C) groups is 1. The Hall–Kier alpha value is -1.55. The van der Waals surface area contributed by atoms with Crippen LogP contribution in [0.25, 0.3) is 0 Å². The molecule has 0 aliphatic heterocycles. The summed E-state index contributed by atoms with van der Waals surface area (Å²) in [5.41, 5.74) is 2.66. The third-order valence-electron chi connectivity index (χ3n) is 2.92. The Morgan fingerprint density at radius 3 is 2.52 bits per heavy atom. The normalized spacial score (nSPS) is 12.3. The van der Waals surface area contributed by atoms with Crippen molar-refractivity contribution in [2.45, 2.75) is 46.7 Å². The number of hydrogen-bond donors (Lipinski definition) is 3. The zero-order valence-electron chi connectivity index (χ0n) is 14.1. The highest BCUT2D eigenvalue weighted by Crippen LogP contribution is 2.04. The molecule has 0 heterocycles. The lowest BCUT2D eigenvalue weighted by Gasteiger charge is -2.21. The molecular formula is C17H30N4. The van der Waals surface area contributed by atoms with E-state index >= 15 is 0 Å². The molecule has 4 heteroatoms. The first-order chi connectivity index (χ1) is 9.90. The van der Waals surface area contributed by atoms with Crippen LogP contribution >= 0.6 is 0 Å². The monoisotopic (exact) mass is 290 g/mol. The van der Waals surface area contributed by atoms with Gasteiger partial charge in [-0.2, -0.15) is 0 Å². The van der Waals surface area contributed by atoms with Crippen molar-refractivity contribution in [3.05, 3.63) is 35.4 Å². The van der Waals surface area contributed by atoms with E-state index in [1.807, 2.05) is 0 Å². The molecule has 0 aromatic heterocycles. The molecule has 1 aromatic carbocycles. The van der Waals surface area contributed by atoms with E-state index in [1.54, 1.807) is 0 Å². The molecule has 1 rings (SSSR count). The molecule has 0 aliphatic carbocycles. The molecule has 21 heavy (non-hydrogen) atoms. The number of nitrogens with zero attached hydrogens (tertiary/aromatic N) is 1. The highest BCUT2D eigenvalue weighted by molar-refractivity contribution is 5.79. The van der Waals surface area contributed by atoms with E-state index in [0.717, 1.165) is 25.6 Å². The summed E-state index contributed by atoms with van der Waals surface area (Å²) < 4.78 is 0. The molecule has 3 N–H and O–H groups in total. The van der Waals surface area contributed by atoms with Crippen molar-refractivity contribution in [1.82, 2.24) is 16.0 Å². The lowest BCUT2D eigenvalue weighted by Crippen LogP contribution is -2.44. The van der Waals surface area contributed by atoms with Gasteiger partial charge in [-0.3, -0.25) is 0 Å². The van der Waals surface area contributed by atoms with E-state index in [-0.39, 0.29) is 5.54 Å². The van der Waals surface area contributed by atoms with Gasteiger partial charge in [0.15, 0.2) is 5.96 Å². The molecule has 0 saturated heterocycles. The standard InChI is InChI=1S/C17H30N4/c1-6-18-16(19-10-11-21-17(3,4)5)20-13-15-9-7-8-14(2)12-15/h7-9,12,21H,6,10-11,13H2,1-5H3,(H2,18,19,20). The first kappa shape index (κ1) is 17.5. The fourth-order valence-corrected chi connectivity index (χ4v) is 1.94. The van der Waals surface area contributed by atoms with Gasteiger partial charge in [-0.15, -0.1) is 0 Å². The van der Waals surface area contributed by atoms with E-state index in [1.165, 1.54) is 11.1 Å². The van der Waals surface area contributed by atoms with Gasteiger partial charge in [0, 0.05) is 25.2 Å². The average Bonchev–Trinajstić information content (AvgIpc) is 2.39. The molecule has 0 saturated carbocycles. The molecule has 4 nitrogen and oxygen atoms in total. The minimum Gasteiger partial charge on any atom is -0.357 e. The molecule has 1 aromatic rings. The lowest BCUT2D eigenvalue weighted by molar-refractivity contribution is 0.428. The van der Waals surface area contributed by atoms with Crippen LogP contribution in [0.15, 0.2) is 29.3 Å². The smallest absolute Gasteiger partial charge is 0.191 e. The van der Waals surface area contributed by atoms with E-state index in [2.05, 4.69) is 79.8 Å². The highest BCUT2D eigenvalue weighted by Gasteiger charge is 2.07. The van der Waals surface area contributed by atoms with Crippen LogP contribution in [0.5, 0.6) is 0 Å². The van der Waals surface area contributed by atoms with Gasteiger partial charge in [-0.25, -0.2) is 4.99 Å². The van der Waals surface area contributed by atoms with Gasteiger partial charge in [-0.1, -0.05) is 29.8 Å². The van der Waals surface area contributed by atoms with E-state index in [9.17, 15) is 0 Å². The second-order valence-electron chi connectivity index (χ2n) is 6.29. The van der Waals surface area contributed by atoms with Crippen LogP contribution in [0.3, 0.4) is 0 Å². The molecule has 0 atom stereocenters. The molecule has 0 unspecified atom stereocenters. The number of aryl methyl sites for hydroxylation is 1. The second-order valence-corrected chi connectivity index (χ2v) is 6.29. The predicted molar refractivity (Wildman–Crippen MR) is 91.8 cm³/mol. The van der Waals surface area contributed by atoms with E-state index in [0.29, 0.717) is 6.54 Å². The van der Waals surface area contributed by atoms with Crippen molar-refractivity contribution in [2.75, 3.05) is 19.6 Å². The summed E-state index contributed by atoms with van der Waals surface area (Å²) in [6, 6.07) is 8.47. The molecule has 0 radical (unpaired) electrons. The molecule has 0 amide bonds. The van der Waals surface area contributed by atoms with Crippen LogP contribution in [0.2, 0.25) is 0 Å². The van der Waals surface area contributed by atoms with Crippen LogP contribution in [-0.2, 0) is 6.54 Å². The SMILES string of the molecule is CCNC(=NCc1cccc(C)c1)NCCNC(C)(C)C. The zero-order chi connectivity index (χ0) is 15.7. The topological polar surface area (TPSA) is 48.5 Å². The van der Waals surface area contributed by atoms with Crippen molar-refractivity contribution < 1.29 is 0 Å². The third kappa shape index (κ3) is 8.35. The Morgan fingerprint density at radius 1 is 1.14 bits per heavy atom. The van der Waals surface area contributed by atoms with Crippen LogP contribution in [0.1, 0.15) is 38.8 Å². The Bertz CT molecular complexity index is 446. The molecular weight excluding hydrogens is 260 g/mol. The lowest BCUT2D eigenvalue weighted by atomic mass is 10.1. The molecule has 0 fully saturated rings. The summed E-state index contributed by atoms with van der Waals surface area (Å²) in [6.45, 7) is 14.0. The van der Waals surface area contributed by atoms with Gasteiger partial charge < -0.3 is 16.0 Å². The Kier molecular flexibility index (Phi) is 7.23. The minimum atomic E-state index is 0.152. The summed E-state index contributed by atoms with van der Waals surface area (Å²) in [6.07, 6.45) is 0. The summed E-state index contributed by atoms with van der Waals surface area (Å²) in [5, 5.41) is 10.1. The number of guanidine groups is 1. The maximum atomic E-state index is 4.63. The maximum Gasteiger partial charge on any atom is 0.191 e. The van der Waals surface area contributed by atoms with Crippen molar-refractivity contribution in [1.29, 1.82) is 0 Å². The quantitative estimate of drug-likeness (QED) is 0.428. The van der Waals surface area contributed by atoms with Crippen molar-refractivity contribution in [2.24, 2.45) is 4.99 Å². The van der Waals surface area contributed by atoms with Crippen LogP contribution in [0.4, 0.5) is 0 Å². The second kappa shape index (κ2) is 8.67. The van der Waals surface area contributed by atoms with Crippen molar-refractivity contribution >= 4 is 5.96 Å². The van der Waals surface area contributed by atoms with Crippen molar-refractivity contribution in [3.8, 4) is 0 Å². The fourth-order valence-electron chi connectivity index (χ4n) is 1.94. The Labute approximate surface area is 129 Å². The van der Waals surface area contributed by atoms with Gasteiger partial charge in [0.1, 0.15) is 0 Å². The number of nitrogens with one attached hydrogen (secondary N) is 3. The highest BCUT2D eigenvalue weighted by atomic mass is 15.2. The van der Waals surface area contributed by atoms with Gasteiger partial charge in [0.2, 0.25) is 0 Å². The largest absolute Gasteiger partial charge is 0.357 e. The molecule has 118 valence electrons. The Morgan fingerprint density at radius 2 is 1.90 bits per heavy atom. The fraction of sp³-hybridized carbons (Fsp3) is 0.588. The number of rotatable bonds is 6. The van der Waals surface area contributed by atoms with Gasteiger partial charge in [0.05, 0.1) is 6.54 Å². The van der Waals surface area contributed by atoms with Crippen LogP contribution < -0.4 is 16.0 Å². The third-order valence-corrected chi connectivity index (χ3v) is 2.92. The van der Waals surface area contributed by atoms with Gasteiger partial charge in [0.25, 0.3) is 0 Å².